The summed E-state index contributed by atoms with van der Waals surface area (Å²) < 4.78 is 7.38. The van der Waals surface area contributed by atoms with E-state index >= 15 is 0 Å². The van der Waals surface area contributed by atoms with Crippen LogP contribution in [0.3, 0.4) is 0 Å². The highest BCUT2D eigenvalue weighted by molar-refractivity contribution is 5.82. The van der Waals surface area contributed by atoms with Gasteiger partial charge in [-0.3, -0.25) is 4.79 Å². The Kier molecular flexibility index (Phi) is 3.74. The summed E-state index contributed by atoms with van der Waals surface area (Å²) in [6, 6.07) is 8.02. The summed E-state index contributed by atoms with van der Waals surface area (Å²) in [5.41, 5.74) is 0.109. The molecule has 2 heterocycles. The van der Waals surface area contributed by atoms with Crippen LogP contribution >= 0.6 is 0 Å². The predicted molar refractivity (Wildman–Crippen MR) is 80.5 cm³/mol. The van der Waals surface area contributed by atoms with Crippen LogP contribution in [0.5, 0.6) is 5.75 Å². The summed E-state index contributed by atoms with van der Waals surface area (Å²) in [5, 5.41) is 5.05. The van der Waals surface area contributed by atoms with E-state index in [-0.39, 0.29) is 5.56 Å². The van der Waals surface area contributed by atoms with Gasteiger partial charge >= 0.3 is 0 Å². The second kappa shape index (κ2) is 5.67. The number of benzene rings is 1. The van der Waals surface area contributed by atoms with Crippen LogP contribution in [0.2, 0.25) is 0 Å². The topological polar surface area (TPSA) is 43.3 Å². The Balaban J connectivity index is 2.02. The van der Waals surface area contributed by atoms with Crippen LogP contribution in [0.25, 0.3) is 10.8 Å². The zero-order valence-electron chi connectivity index (χ0n) is 11.8. The summed E-state index contributed by atoms with van der Waals surface area (Å²) in [4.78, 5) is 12.6. The van der Waals surface area contributed by atoms with Crippen molar-refractivity contribution in [1.82, 2.24) is 9.88 Å². The summed E-state index contributed by atoms with van der Waals surface area (Å²) in [6.45, 7) is 4.56. The van der Waals surface area contributed by atoms with Crippen LogP contribution in [0.15, 0.2) is 35.3 Å². The predicted octanol–water partition coefficient (Wildman–Crippen LogP) is 2.32. The number of hydrogen-bond acceptors (Lipinski definition) is 3. The van der Waals surface area contributed by atoms with E-state index in [0.717, 1.165) is 42.5 Å². The molecule has 1 aromatic carbocycles. The smallest absolute Gasteiger partial charge is 0.258 e. The number of rotatable bonds is 3. The Morgan fingerprint density at radius 3 is 2.85 bits per heavy atom. The first kappa shape index (κ1) is 13.2. The molecule has 1 N–H and O–H groups in total. The molecular weight excluding hydrogens is 252 g/mol. The minimum absolute atomic E-state index is 0.109. The highest BCUT2D eigenvalue weighted by atomic mass is 16.5. The molecular formula is C16H20N2O2. The lowest BCUT2D eigenvalue weighted by atomic mass is 10.1. The number of piperidine rings is 1. The molecule has 20 heavy (non-hydrogen) atoms. The third-order valence-corrected chi connectivity index (χ3v) is 3.92. The third-order valence-electron chi connectivity index (χ3n) is 3.92. The highest BCUT2D eigenvalue weighted by Crippen LogP contribution is 2.21. The maximum atomic E-state index is 12.6. The van der Waals surface area contributed by atoms with E-state index in [1.165, 1.54) is 0 Å². The van der Waals surface area contributed by atoms with Gasteiger partial charge in [-0.15, -0.1) is 0 Å². The van der Waals surface area contributed by atoms with Crippen molar-refractivity contribution in [1.29, 1.82) is 0 Å². The summed E-state index contributed by atoms with van der Waals surface area (Å²) in [6.07, 6.45) is 3.96. The van der Waals surface area contributed by atoms with E-state index in [9.17, 15) is 4.79 Å². The first-order valence-corrected chi connectivity index (χ1v) is 7.28. The molecule has 0 spiro atoms. The fourth-order valence-corrected chi connectivity index (χ4v) is 2.87. The highest BCUT2D eigenvalue weighted by Gasteiger charge is 2.16. The lowest BCUT2D eigenvalue weighted by Crippen LogP contribution is -2.34. The molecule has 2 aromatic rings. The molecule has 4 heteroatoms. The maximum absolute atomic E-state index is 12.6. The van der Waals surface area contributed by atoms with Gasteiger partial charge in [0.15, 0.2) is 0 Å². The van der Waals surface area contributed by atoms with Gasteiger partial charge in [0.05, 0.1) is 6.61 Å². The molecule has 1 saturated heterocycles. The minimum atomic E-state index is 0.109. The van der Waals surface area contributed by atoms with Gasteiger partial charge in [0, 0.05) is 17.6 Å². The van der Waals surface area contributed by atoms with E-state index in [0.29, 0.717) is 12.6 Å². The van der Waals surface area contributed by atoms with Crippen molar-refractivity contribution in [2.24, 2.45) is 0 Å². The van der Waals surface area contributed by atoms with E-state index in [1.54, 1.807) is 0 Å². The zero-order valence-corrected chi connectivity index (χ0v) is 11.8. The van der Waals surface area contributed by atoms with Gasteiger partial charge in [0.25, 0.3) is 5.56 Å². The van der Waals surface area contributed by atoms with Crippen LogP contribution in [0, 0.1) is 0 Å². The minimum Gasteiger partial charge on any atom is -0.494 e. The molecule has 3 rings (SSSR count). The fraction of sp³-hybridized carbons (Fsp3) is 0.438. The lowest BCUT2D eigenvalue weighted by molar-refractivity contribution is 0.340. The molecule has 1 aromatic heterocycles. The SMILES string of the molecule is CCOc1ccc2c(=O)n(C3CCNCC3)ccc2c1. The Labute approximate surface area is 118 Å². The Bertz CT molecular complexity index is 657. The standard InChI is InChI=1S/C16H20N2O2/c1-2-20-14-3-4-15-12(11-14)7-10-18(16(15)19)13-5-8-17-9-6-13/h3-4,7,10-11,13,17H,2,5-6,8-9H2,1H3. The summed E-state index contributed by atoms with van der Waals surface area (Å²) >= 11 is 0. The first-order chi connectivity index (χ1) is 9.79. The fourth-order valence-electron chi connectivity index (χ4n) is 2.87. The van der Waals surface area contributed by atoms with Gasteiger partial charge in [0.1, 0.15) is 5.75 Å². The summed E-state index contributed by atoms with van der Waals surface area (Å²) in [5.74, 6) is 0.819. The number of pyridine rings is 1. The molecule has 0 bridgehead atoms. The second-order valence-electron chi connectivity index (χ2n) is 5.19. The van der Waals surface area contributed by atoms with E-state index in [2.05, 4.69) is 5.32 Å². The van der Waals surface area contributed by atoms with Crippen molar-refractivity contribution in [2.75, 3.05) is 19.7 Å². The van der Waals surface area contributed by atoms with Crippen LogP contribution in [-0.4, -0.2) is 24.3 Å². The average molecular weight is 272 g/mol. The van der Waals surface area contributed by atoms with Gasteiger partial charge < -0.3 is 14.6 Å². The van der Waals surface area contributed by atoms with Crippen molar-refractivity contribution in [3.8, 4) is 5.75 Å². The molecule has 0 radical (unpaired) electrons. The van der Waals surface area contributed by atoms with Crippen molar-refractivity contribution in [3.63, 3.8) is 0 Å². The Hall–Kier alpha value is -1.81. The maximum Gasteiger partial charge on any atom is 0.258 e. The molecule has 0 saturated carbocycles. The van der Waals surface area contributed by atoms with E-state index in [4.69, 9.17) is 4.74 Å². The molecule has 1 aliphatic rings. The Morgan fingerprint density at radius 2 is 2.10 bits per heavy atom. The molecule has 1 aliphatic heterocycles. The number of nitrogens with one attached hydrogen (secondary N) is 1. The molecule has 0 aliphatic carbocycles. The van der Waals surface area contributed by atoms with Crippen molar-refractivity contribution < 1.29 is 4.74 Å². The van der Waals surface area contributed by atoms with Gasteiger partial charge in [-0.1, -0.05) is 0 Å². The van der Waals surface area contributed by atoms with Crippen molar-refractivity contribution in [2.45, 2.75) is 25.8 Å². The molecule has 4 nitrogen and oxygen atoms in total. The molecule has 0 amide bonds. The number of fused-ring (bicyclic) bond motifs is 1. The van der Waals surface area contributed by atoms with Gasteiger partial charge in [0.2, 0.25) is 0 Å². The summed E-state index contributed by atoms with van der Waals surface area (Å²) in [7, 11) is 0. The van der Waals surface area contributed by atoms with E-state index < -0.39 is 0 Å². The van der Waals surface area contributed by atoms with Crippen LogP contribution < -0.4 is 15.6 Å². The van der Waals surface area contributed by atoms with Crippen molar-refractivity contribution in [3.05, 3.63) is 40.8 Å². The zero-order chi connectivity index (χ0) is 13.9. The van der Waals surface area contributed by atoms with Crippen molar-refractivity contribution >= 4 is 10.8 Å². The molecule has 1 fully saturated rings. The molecule has 106 valence electrons. The number of hydrogen-bond donors (Lipinski definition) is 1. The quantitative estimate of drug-likeness (QED) is 0.932. The molecule has 0 atom stereocenters. The largest absolute Gasteiger partial charge is 0.494 e. The molecule has 0 unspecified atom stereocenters. The van der Waals surface area contributed by atoms with Gasteiger partial charge in [-0.25, -0.2) is 0 Å². The number of nitrogens with zero attached hydrogens (tertiary/aromatic N) is 1. The van der Waals surface area contributed by atoms with Crippen LogP contribution in [0.1, 0.15) is 25.8 Å². The third kappa shape index (κ3) is 2.43. The van der Waals surface area contributed by atoms with E-state index in [1.807, 2.05) is 42.0 Å². The normalized spacial score (nSPS) is 16.4. The number of aromatic nitrogens is 1. The Morgan fingerprint density at radius 1 is 1.30 bits per heavy atom. The second-order valence-corrected chi connectivity index (χ2v) is 5.19. The van der Waals surface area contributed by atoms with Gasteiger partial charge in [-0.2, -0.15) is 0 Å². The first-order valence-electron chi connectivity index (χ1n) is 7.28. The lowest BCUT2D eigenvalue weighted by Gasteiger charge is -2.25. The van der Waals surface area contributed by atoms with Gasteiger partial charge in [-0.05, 0) is 62.5 Å². The average Bonchev–Trinajstić information content (AvgIpc) is 2.49. The van der Waals surface area contributed by atoms with Crippen LogP contribution in [-0.2, 0) is 0 Å². The monoisotopic (exact) mass is 272 g/mol. The van der Waals surface area contributed by atoms with Crippen LogP contribution in [0.4, 0.5) is 0 Å². The number of ether oxygens (including phenoxy) is 1.